The Morgan fingerprint density at radius 2 is 1.93 bits per heavy atom. The van der Waals surface area contributed by atoms with Crippen molar-refractivity contribution in [3.8, 4) is 0 Å². The summed E-state index contributed by atoms with van der Waals surface area (Å²) in [6, 6.07) is 13.5. The third-order valence-corrected chi connectivity index (χ3v) is 6.19. The van der Waals surface area contributed by atoms with Gasteiger partial charge in [0.2, 0.25) is 11.8 Å². The van der Waals surface area contributed by atoms with E-state index in [0.717, 1.165) is 34.3 Å². The summed E-state index contributed by atoms with van der Waals surface area (Å²) in [6.07, 6.45) is 0.776. The van der Waals surface area contributed by atoms with E-state index >= 15 is 0 Å². The number of imidazole rings is 1. The first-order chi connectivity index (χ1) is 14.4. The van der Waals surface area contributed by atoms with Crippen molar-refractivity contribution in [3.05, 3.63) is 53.6 Å². The SMILES string of the molecule is CC[C@@H](C)N(CC(=O)Nc1cccc(C)c1C)C(=O)CSc1nc2ccccc2[nH]1. The Labute approximate surface area is 181 Å². The van der Waals surface area contributed by atoms with Gasteiger partial charge in [-0.05, 0) is 56.5 Å². The number of carbonyl (C=O) groups excluding carboxylic acids is 2. The first-order valence-electron chi connectivity index (χ1n) is 10.1. The molecule has 0 saturated carbocycles. The monoisotopic (exact) mass is 424 g/mol. The number of rotatable bonds is 8. The summed E-state index contributed by atoms with van der Waals surface area (Å²) in [5, 5.41) is 3.65. The fourth-order valence-electron chi connectivity index (χ4n) is 3.15. The van der Waals surface area contributed by atoms with Crippen LogP contribution in [0.2, 0.25) is 0 Å². The van der Waals surface area contributed by atoms with Crippen LogP contribution in [0.15, 0.2) is 47.6 Å². The number of fused-ring (bicyclic) bond motifs is 1. The highest BCUT2D eigenvalue weighted by molar-refractivity contribution is 7.99. The number of thioether (sulfide) groups is 1. The van der Waals surface area contributed by atoms with Gasteiger partial charge in [0.1, 0.15) is 6.54 Å². The summed E-state index contributed by atoms with van der Waals surface area (Å²) >= 11 is 1.36. The summed E-state index contributed by atoms with van der Waals surface area (Å²) in [4.78, 5) is 35.0. The van der Waals surface area contributed by atoms with Gasteiger partial charge in [0.25, 0.3) is 0 Å². The number of hydrogen-bond acceptors (Lipinski definition) is 4. The van der Waals surface area contributed by atoms with Gasteiger partial charge in [0.05, 0.1) is 16.8 Å². The van der Waals surface area contributed by atoms with Crippen LogP contribution in [-0.2, 0) is 9.59 Å². The van der Waals surface area contributed by atoms with Crippen LogP contribution < -0.4 is 5.32 Å². The highest BCUT2D eigenvalue weighted by atomic mass is 32.2. The molecule has 158 valence electrons. The molecule has 0 aliphatic rings. The van der Waals surface area contributed by atoms with Crippen LogP contribution in [-0.4, -0.2) is 45.0 Å². The lowest BCUT2D eigenvalue weighted by Crippen LogP contribution is -2.44. The second-order valence-corrected chi connectivity index (χ2v) is 8.39. The van der Waals surface area contributed by atoms with Gasteiger partial charge >= 0.3 is 0 Å². The molecule has 3 rings (SSSR count). The smallest absolute Gasteiger partial charge is 0.244 e. The molecule has 0 saturated heterocycles. The lowest BCUT2D eigenvalue weighted by Gasteiger charge is -2.28. The molecular formula is C23H28N4O2S. The van der Waals surface area contributed by atoms with Crippen LogP contribution in [0.1, 0.15) is 31.4 Å². The molecular weight excluding hydrogens is 396 g/mol. The second kappa shape index (κ2) is 9.80. The molecule has 1 aromatic heterocycles. The molecule has 0 bridgehead atoms. The van der Waals surface area contributed by atoms with E-state index in [1.165, 1.54) is 11.8 Å². The predicted octanol–water partition coefficient (Wildman–Crippen LogP) is 4.54. The predicted molar refractivity (Wildman–Crippen MR) is 123 cm³/mol. The van der Waals surface area contributed by atoms with E-state index in [4.69, 9.17) is 0 Å². The van der Waals surface area contributed by atoms with Crippen LogP contribution in [0, 0.1) is 13.8 Å². The number of aromatic amines is 1. The number of anilines is 1. The normalized spacial score (nSPS) is 12.0. The van der Waals surface area contributed by atoms with Crippen molar-refractivity contribution in [1.29, 1.82) is 0 Å². The molecule has 2 aromatic carbocycles. The molecule has 2 N–H and O–H groups in total. The lowest BCUT2D eigenvalue weighted by molar-refractivity contribution is -0.134. The maximum absolute atomic E-state index is 12.9. The maximum atomic E-state index is 12.9. The number of aryl methyl sites for hydroxylation is 1. The Kier molecular flexibility index (Phi) is 7.15. The largest absolute Gasteiger partial charge is 0.333 e. The fourth-order valence-corrected chi connectivity index (χ4v) is 3.92. The summed E-state index contributed by atoms with van der Waals surface area (Å²) in [6.45, 7) is 8.00. The van der Waals surface area contributed by atoms with E-state index in [-0.39, 0.29) is 30.2 Å². The third-order valence-electron chi connectivity index (χ3n) is 5.34. The van der Waals surface area contributed by atoms with Crippen molar-refractivity contribution in [3.63, 3.8) is 0 Å². The van der Waals surface area contributed by atoms with E-state index in [2.05, 4.69) is 15.3 Å². The molecule has 1 heterocycles. The molecule has 0 spiro atoms. The Morgan fingerprint density at radius 3 is 2.67 bits per heavy atom. The summed E-state index contributed by atoms with van der Waals surface area (Å²) < 4.78 is 0. The van der Waals surface area contributed by atoms with Gasteiger partial charge in [0, 0.05) is 11.7 Å². The average molecular weight is 425 g/mol. The van der Waals surface area contributed by atoms with Crippen molar-refractivity contribution >= 4 is 40.3 Å². The average Bonchev–Trinajstić information content (AvgIpc) is 3.16. The van der Waals surface area contributed by atoms with Gasteiger partial charge in [-0.1, -0.05) is 43.0 Å². The number of amides is 2. The molecule has 0 radical (unpaired) electrons. The van der Waals surface area contributed by atoms with E-state index in [1.54, 1.807) is 4.90 Å². The zero-order chi connectivity index (χ0) is 21.7. The molecule has 2 amide bonds. The van der Waals surface area contributed by atoms with Crippen molar-refractivity contribution in [2.45, 2.75) is 45.3 Å². The lowest BCUT2D eigenvalue weighted by atomic mass is 10.1. The van der Waals surface area contributed by atoms with Crippen molar-refractivity contribution in [2.75, 3.05) is 17.6 Å². The van der Waals surface area contributed by atoms with Crippen LogP contribution in [0.5, 0.6) is 0 Å². The number of nitrogens with one attached hydrogen (secondary N) is 2. The second-order valence-electron chi connectivity index (χ2n) is 7.42. The maximum Gasteiger partial charge on any atom is 0.244 e. The number of hydrogen-bond donors (Lipinski definition) is 2. The molecule has 0 aliphatic heterocycles. The zero-order valence-corrected chi connectivity index (χ0v) is 18.7. The number of benzene rings is 2. The van der Waals surface area contributed by atoms with Crippen molar-refractivity contribution in [1.82, 2.24) is 14.9 Å². The Hall–Kier alpha value is -2.80. The van der Waals surface area contributed by atoms with E-state index < -0.39 is 0 Å². The van der Waals surface area contributed by atoms with Crippen molar-refractivity contribution in [2.24, 2.45) is 0 Å². The number of para-hydroxylation sites is 2. The minimum absolute atomic E-state index is 0.0295. The Morgan fingerprint density at radius 1 is 1.17 bits per heavy atom. The quantitative estimate of drug-likeness (QED) is 0.521. The van der Waals surface area contributed by atoms with Gasteiger partial charge in [0.15, 0.2) is 5.16 Å². The van der Waals surface area contributed by atoms with Crippen molar-refractivity contribution < 1.29 is 9.59 Å². The first kappa shape index (κ1) is 21.9. The number of carbonyl (C=O) groups is 2. The Balaban J connectivity index is 1.64. The molecule has 1 atom stereocenters. The van der Waals surface area contributed by atoms with E-state index in [0.29, 0.717) is 5.16 Å². The van der Waals surface area contributed by atoms with Gasteiger partial charge in [-0.2, -0.15) is 0 Å². The van der Waals surface area contributed by atoms with Crippen LogP contribution in [0.3, 0.4) is 0 Å². The highest BCUT2D eigenvalue weighted by Crippen LogP contribution is 2.21. The molecule has 0 aliphatic carbocycles. The minimum atomic E-state index is -0.189. The van der Waals surface area contributed by atoms with Crippen LogP contribution >= 0.6 is 11.8 Å². The topological polar surface area (TPSA) is 78.1 Å². The summed E-state index contributed by atoms with van der Waals surface area (Å²) in [7, 11) is 0. The number of H-pyrrole nitrogens is 1. The molecule has 7 heteroatoms. The van der Waals surface area contributed by atoms with Crippen LogP contribution in [0.4, 0.5) is 5.69 Å². The molecule has 6 nitrogen and oxygen atoms in total. The summed E-state index contributed by atoms with van der Waals surface area (Å²) in [5.41, 5.74) is 4.75. The van der Waals surface area contributed by atoms with E-state index in [9.17, 15) is 9.59 Å². The third kappa shape index (κ3) is 5.21. The molecule has 0 unspecified atom stereocenters. The minimum Gasteiger partial charge on any atom is -0.333 e. The van der Waals surface area contributed by atoms with E-state index in [1.807, 2.05) is 70.2 Å². The van der Waals surface area contributed by atoms with Gasteiger partial charge in [-0.25, -0.2) is 4.98 Å². The summed E-state index contributed by atoms with van der Waals surface area (Å²) in [5.74, 6) is -0.0435. The zero-order valence-electron chi connectivity index (χ0n) is 17.9. The highest BCUT2D eigenvalue weighted by Gasteiger charge is 2.22. The van der Waals surface area contributed by atoms with Crippen LogP contribution in [0.25, 0.3) is 11.0 Å². The van der Waals surface area contributed by atoms with Gasteiger partial charge < -0.3 is 15.2 Å². The first-order valence-corrected chi connectivity index (χ1v) is 11.1. The number of nitrogens with zero attached hydrogens (tertiary/aromatic N) is 2. The van der Waals surface area contributed by atoms with Gasteiger partial charge in [-0.15, -0.1) is 0 Å². The fraction of sp³-hybridized carbons (Fsp3) is 0.348. The standard InChI is InChI=1S/C23H28N4O2S/c1-5-16(3)27(13-21(28)24-18-12-8-9-15(2)17(18)4)22(29)14-30-23-25-19-10-6-7-11-20(19)26-23/h6-12,16H,5,13-14H2,1-4H3,(H,24,28)(H,25,26)/t16-/m1/s1. The molecule has 3 aromatic rings. The number of aromatic nitrogens is 2. The molecule has 30 heavy (non-hydrogen) atoms. The Bertz CT molecular complexity index is 1010. The molecule has 0 fully saturated rings. The van der Waals surface area contributed by atoms with Gasteiger partial charge in [-0.3, -0.25) is 9.59 Å².